The van der Waals surface area contributed by atoms with Gasteiger partial charge in [-0.2, -0.15) is 0 Å². The largest absolute Gasteiger partial charge is 0.511 e. The number of ketones is 1. The molecular formula is C21H28FN3O2. The lowest BCUT2D eigenvalue weighted by Gasteiger charge is -2.33. The van der Waals surface area contributed by atoms with E-state index in [1.807, 2.05) is 0 Å². The van der Waals surface area contributed by atoms with Gasteiger partial charge >= 0.3 is 0 Å². The Balaban J connectivity index is 1.52. The molecule has 0 radical (unpaired) electrons. The molecule has 3 rings (SSSR count). The van der Waals surface area contributed by atoms with Crippen LogP contribution in [0, 0.1) is 5.82 Å². The van der Waals surface area contributed by atoms with Crippen LogP contribution in [0.3, 0.4) is 0 Å². The lowest BCUT2D eigenvalue weighted by Crippen LogP contribution is -2.46. The van der Waals surface area contributed by atoms with Crippen molar-refractivity contribution in [2.45, 2.75) is 25.7 Å². The third-order valence-electron chi connectivity index (χ3n) is 5.50. The summed E-state index contributed by atoms with van der Waals surface area (Å²) in [6.07, 6.45) is 2.23. The minimum atomic E-state index is -0.301. The zero-order valence-corrected chi connectivity index (χ0v) is 15.9. The van der Waals surface area contributed by atoms with Crippen LogP contribution in [0.25, 0.3) is 0 Å². The van der Waals surface area contributed by atoms with Crippen LogP contribution in [0.2, 0.25) is 0 Å². The van der Waals surface area contributed by atoms with Crippen molar-refractivity contribution in [2.75, 3.05) is 45.8 Å². The third-order valence-corrected chi connectivity index (χ3v) is 5.50. The second-order valence-electron chi connectivity index (χ2n) is 7.25. The van der Waals surface area contributed by atoms with Gasteiger partial charge in [-0.05, 0) is 30.2 Å². The molecule has 0 aromatic heterocycles. The summed E-state index contributed by atoms with van der Waals surface area (Å²) < 4.78 is 13.1. The molecule has 1 atom stereocenters. The topological polar surface area (TPSA) is 56.1 Å². The molecule has 1 aliphatic carbocycles. The zero-order valence-electron chi connectivity index (χ0n) is 15.9. The fourth-order valence-corrected chi connectivity index (χ4v) is 3.71. The Morgan fingerprint density at radius 3 is 2.44 bits per heavy atom. The third kappa shape index (κ3) is 5.23. The summed E-state index contributed by atoms with van der Waals surface area (Å²) in [5.41, 5.74) is 1.20. The first-order valence-corrected chi connectivity index (χ1v) is 9.72. The highest BCUT2D eigenvalue weighted by Gasteiger charge is 2.27. The van der Waals surface area contributed by atoms with E-state index in [4.69, 9.17) is 0 Å². The van der Waals surface area contributed by atoms with Gasteiger partial charge in [0.15, 0.2) is 5.78 Å². The summed E-state index contributed by atoms with van der Waals surface area (Å²) in [7, 11) is 0. The molecule has 0 bridgehead atoms. The Morgan fingerprint density at radius 1 is 1.15 bits per heavy atom. The van der Waals surface area contributed by atoms with Crippen molar-refractivity contribution in [1.82, 2.24) is 9.80 Å². The van der Waals surface area contributed by atoms with Crippen molar-refractivity contribution in [2.24, 2.45) is 4.99 Å². The number of likely N-dealkylation sites (N-methyl/N-ethyl adjacent to an activating group) is 1. The van der Waals surface area contributed by atoms with Gasteiger partial charge in [-0.15, -0.1) is 0 Å². The van der Waals surface area contributed by atoms with Crippen LogP contribution >= 0.6 is 0 Å². The summed E-state index contributed by atoms with van der Waals surface area (Å²) in [5, 5.41) is 10.3. The highest BCUT2D eigenvalue weighted by molar-refractivity contribution is 6.14. The molecule has 6 heteroatoms. The number of hydrogen-bond acceptors (Lipinski definition) is 5. The number of rotatable bonds is 6. The van der Waals surface area contributed by atoms with Crippen LogP contribution in [0.15, 0.2) is 40.6 Å². The standard InChI is InChI=1S/C21H28FN3O2/c1-2-24-9-11-25(12-10-24)8-7-23-15-19-20(26)13-17(14-21(19)27)16-3-5-18(22)6-4-16/h3-6,15,17,26H,2,7-14H2,1H3. The molecular weight excluding hydrogens is 345 g/mol. The van der Waals surface area contributed by atoms with Crippen LogP contribution in [-0.4, -0.2) is 72.7 Å². The number of carbonyl (C=O) groups excluding carboxylic acids is 1. The maximum Gasteiger partial charge on any atom is 0.168 e. The number of hydrogen-bond donors (Lipinski definition) is 1. The number of halogens is 1. The average Bonchev–Trinajstić information content (AvgIpc) is 2.67. The Labute approximate surface area is 160 Å². The number of benzene rings is 1. The maximum atomic E-state index is 13.1. The molecule has 27 heavy (non-hydrogen) atoms. The van der Waals surface area contributed by atoms with Gasteiger partial charge in [-0.3, -0.25) is 14.7 Å². The average molecular weight is 373 g/mol. The van der Waals surface area contributed by atoms with Gasteiger partial charge in [-0.25, -0.2) is 4.39 Å². The van der Waals surface area contributed by atoms with E-state index >= 15 is 0 Å². The lowest BCUT2D eigenvalue weighted by molar-refractivity contribution is -0.116. The summed E-state index contributed by atoms with van der Waals surface area (Å²) in [6.45, 7) is 9.06. The summed E-state index contributed by atoms with van der Waals surface area (Å²) in [6, 6.07) is 6.13. The van der Waals surface area contributed by atoms with Gasteiger partial charge in [0.25, 0.3) is 0 Å². The Kier molecular flexibility index (Phi) is 6.74. The number of Topliss-reactive ketones (excluding diaryl/α,β-unsaturated/α-hetero) is 1. The normalized spacial score (nSPS) is 22.7. The first kappa shape index (κ1) is 19.7. The van der Waals surface area contributed by atoms with E-state index in [1.54, 1.807) is 12.1 Å². The predicted molar refractivity (Wildman–Crippen MR) is 105 cm³/mol. The number of piperazine rings is 1. The smallest absolute Gasteiger partial charge is 0.168 e. The van der Waals surface area contributed by atoms with E-state index in [0.717, 1.165) is 44.8 Å². The Bertz CT molecular complexity index is 707. The zero-order chi connectivity index (χ0) is 19.2. The van der Waals surface area contributed by atoms with Crippen LogP contribution in [0.5, 0.6) is 0 Å². The molecule has 0 saturated carbocycles. The van der Waals surface area contributed by atoms with Crippen LogP contribution in [-0.2, 0) is 4.79 Å². The van der Waals surface area contributed by atoms with Crippen molar-refractivity contribution in [3.05, 3.63) is 47.0 Å². The van der Waals surface area contributed by atoms with E-state index in [1.165, 1.54) is 18.3 Å². The van der Waals surface area contributed by atoms with Crippen LogP contribution < -0.4 is 0 Å². The van der Waals surface area contributed by atoms with Gasteiger partial charge < -0.3 is 10.0 Å². The molecule has 1 unspecified atom stereocenters. The molecule has 0 spiro atoms. The number of aliphatic hydroxyl groups excluding tert-OH is 1. The molecule has 1 fully saturated rings. The molecule has 1 N–H and O–H groups in total. The first-order chi connectivity index (χ1) is 13.1. The number of carbonyl (C=O) groups is 1. The lowest BCUT2D eigenvalue weighted by atomic mass is 9.83. The van der Waals surface area contributed by atoms with Crippen molar-refractivity contribution in [3.8, 4) is 0 Å². The molecule has 5 nitrogen and oxygen atoms in total. The van der Waals surface area contributed by atoms with Crippen molar-refractivity contribution in [1.29, 1.82) is 0 Å². The maximum absolute atomic E-state index is 13.1. The predicted octanol–water partition coefficient (Wildman–Crippen LogP) is 2.79. The van der Waals surface area contributed by atoms with Gasteiger partial charge in [-0.1, -0.05) is 19.1 Å². The second kappa shape index (κ2) is 9.24. The van der Waals surface area contributed by atoms with Gasteiger partial charge in [0, 0.05) is 51.8 Å². The Hall–Kier alpha value is -2.05. The summed E-state index contributed by atoms with van der Waals surface area (Å²) in [4.78, 5) is 21.6. The molecule has 1 aromatic carbocycles. The molecule has 1 saturated heterocycles. The molecule has 146 valence electrons. The van der Waals surface area contributed by atoms with E-state index in [-0.39, 0.29) is 23.3 Å². The molecule has 2 aliphatic rings. The monoisotopic (exact) mass is 373 g/mol. The number of allylic oxidation sites excluding steroid dienone is 2. The summed E-state index contributed by atoms with van der Waals surface area (Å²) >= 11 is 0. The van der Waals surface area contributed by atoms with E-state index < -0.39 is 0 Å². The van der Waals surface area contributed by atoms with Gasteiger partial charge in [0.05, 0.1) is 12.1 Å². The Morgan fingerprint density at radius 2 is 1.81 bits per heavy atom. The number of aliphatic imine (C=N–C) groups is 1. The number of nitrogens with zero attached hydrogens (tertiary/aromatic N) is 3. The van der Waals surface area contributed by atoms with E-state index in [9.17, 15) is 14.3 Å². The number of aliphatic hydroxyl groups is 1. The van der Waals surface area contributed by atoms with E-state index in [0.29, 0.717) is 25.0 Å². The minimum absolute atomic E-state index is 0.0842. The highest BCUT2D eigenvalue weighted by atomic mass is 19.1. The van der Waals surface area contributed by atoms with Crippen molar-refractivity contribution >= 4 is 12.0 Å². The van der Waals surface area contributed by atoms with Gasteiger partial charge in [0.1, 0.15) is 11.6 Å². The molecule has 1 aliphatic heterocycles. The fraction of sp³-hybridized carbons (Fsp3) is 0.524. The molecule has 0 amide bonds. The molecule has 1 aromatic rings. The summed E-state index contributed by atoms with van der Waals surface area (Å²) in [5.74, 6) is -0.427. The van der Waals surface area contributed by atoms with E-state index in [2.05, 4.69) is 21.7 Å². The van der Waals surface area contributed by atoms with Crippen molar-refractivity contribution in [3.63, 3.8) is 0 Å². The SMILES string of the molecule is CCN1CCN(CCN=CC2=C(O)CC(c3ccc(F)cc3)CC2=O)CC1. The fourth-order valence-electron chi connectivity index (χ4n) is 3.71. The van der Waals surface area contributed by atoms with Crippen LogP contribution in [0.4, 0.5) is 4.39 Å². The minimum Gasteiger partial charge on any atom is -0.511 e. The van der Waals surface area contributed by atoms with Crippen LogP contribution in [0.1, 0.15) is 31.2 Å². The van der Waals surface area contributed by atoms with Crippen molar-refractivity contribution < 1.29 is 14.3 Å². The highest BCUT2D eigenvalue weighted by Crippen LogP contribution is 2.33. The first-order valence-electron chi connectivity index (χ1n) is 9.72. The second-order valence-corrected chi connectivity index (χ2v) is 7.25. The van der Waals surface area contributed by atoms with Gasteiger partial charge in [0.2, 0.25) is 0 Å². The quantitative estimate of drug-likeness (QED) is 0.779. The molecule has 1 heterocycles.